The summed E-state index contributed by atoms with van der Waals surface area (Å²) in [5.74, 6) is -20.2. The molecule has 314 valence electrons. The predicted octanol–water partition coefficient (Wildman–Crippen LogP) is 14.7. The van der Waals surface area contributed by atoms with Crippen LogP contribution in [-0.2, 0) is 13.1 Å². The summed E-state index contributed by atoms with van der Waals surface area (Å²) in [6.07, 6.45) is 3.37. The number of benzene rings is 8. The summed E-state index contributed by atoms with van der Waals surface area (Å²) >= 11 is 0. The van der Waals surface area contributed by atoms with Crippen molar-refractivity contribution in [1.29, 1.82) is 0 Å². The van der Waals surface area contributed by atoms with Crippen LogP contribution in [0.3, 0.4) is 0 Å². The van der Waals surface area contributed by atoms with E-state index in [9.17, 15) is 43.9 Å². The molecule has 11 rings (SSSR count). The van der Waals surface area contributed by atoms with Crippen LogP contribution >= 0.6 is 0 Å². The van der Waals surface area contributed by atoms with E-state index in [1.54, 1.807) is 24.3 Å². The number of fused-ring (bicyclic) bond motifs is 7. The highest BCUT2D eigenvalue weighted by Gasteiger charge is 2.59. The van der Waals surface area contributed by atoms with Gasteiger partial charge in [0.2, 0.25) is 11.6 Å². The summed E-state index contributed by atoms with van der Waals surface area (Å²) in [4.78, 5) is 0. The van der Waals surface area contributed by atoms with E-state index >= 15 is 0 Å². The van der Waals surface area contributed by atoms with Crippen LogP contribution in [0.5, 0.6) is 0 Å². The van der Waals surface area contributed by atoms with E-state index in [1.165, 1.54) is 24.3 Å². The Balaban J connectivity index is 1.15. The Labute approximate surface area is 354 Å². The fourth-order valence-corrected chi connectivity index (χ4v) is 10.9. The van der Waals surface area contributed by atoms with E-state index in [1.807, 2.05) is 36.4 Å². The van der Waals surface area contributed by atoms with E-state index in [-0.39, 0.29) is 16.5 Å². The third-order valence-electron chi connectivity index (χ3n) is 13.7. The van der Waals surface area contributed by atoms with Gasteiger partial charge < -0.3 is 4.48 Å². The first-order chi connectivity index (χ1) is 30.3. The largest absolute Gasteiger partial charge is 0.315 e. The van der Waals surface area contributed by atoms with Gasteiger partial charge in [0.15, 0.2) is 46.5 Å². The van der Waals surface area contributed by atoms with Crippen molar-refractivity contribution in [3.8, 4) is 55.6 Å². The quantitative estimate of drug-likeness (QED) is 0.0716. The lowest BCUT2D eigenvalue weighted by Crippen LogP contribution is -2.70. The van der Waals surface area contributed by atoms with Crippen LogP contribution in [0.2, 0.25) is 0 Å². The summed E-state index contributed by atoms with van der Waals surface area (Å²) in [6, 6.07) is 32.0. The lowest BCUT2D eigenvalue weighted by atomic mass is 9.62. The highest BCUT2D eigenvalue weighted by molar-refractivity contribution is 6.12. The first-order valence-electron chi connectivity index (χ1n) is 20.5. The molecular weight excluding hydrogens is 829 g/mol. The van der Waals surface area contributed by atoms with Crippen LogP contribution in [0.1, 0.15) is 30.4 Å². The number of halogens is 10. The molecule has 63 heavy (non-hydrogen) atoms. The van der Waals surface area contributed by atoms with Crippen molar-refractivity contribution in [3.63, 3.8) is 0 Å². The Morgan fingerprint density at radius 3 is 1.05 bits per heavy atom. The lowest BCUT2D eigenvalue weighted by Gasteiger charge is -2.61. The van der Waals surface area contributed by atoms with Crippen LogP contribution in [0, 0.1) is 63.6 Å². The molecule has 0 N–H and O–H groups in total. The maximum Gasteiger partial charge on any atom is 0.200 e. The molecule has 2 heterocycles. The standard InChI is InChI=1S/C52H32F10N/c53-42-38(43(54)47(58)50(61)46(42)57)28-14-10-26(11-15-28)34-20-30-6-1-3-8-32(30)40-36(34)22-63(24-52(25-63)18-5-19-52)23-37-35(21-31-7-2-4-9-33(31)41(37)40)27-12-16-29(17-13-27)39-44(55)48(59)51(62)49(60)45(39)56/h1-4,6-17,20-21H,5,18-19,22-25H2/q+1. The van der Waals surface area contributed by atoms with Crippen molar-refractivity contribution < 1.29 is 48.4 Å². The van der Waals surface area contributed by atoms with E-state index in [2.05, 4.69) is 24.3 Å². The van der Waals surface area contributed by atoms with Crippen molar-refractivity contribution in [2.75, 3.05) is 13.1 Å². The van der Waals surface area contributed by atoms with Crippen LogP contribution in [-0.4, -0.2) is 17.6 Å². The van der Waals surface area contributed by atoms with Crippen LogP contribution in [0.25, 0.3) is 77.2 Å². The molecule has 8 aromatic carbocycles. The zero-order valence-corrected chi connectivity index (χ0v) is 33.1. The van der Waals surface area contributed by atoms with Crippen molar-refractivity contribution in [2.24, 2.45) is 5.41 Å². The van der Waals surface area contributed by atoms with Gasteiger partial charge in [0.1, 0.15) is 13.1 Å². The number of hydrogen-bond acceptors (Lipinski definition) is 0. The minimum Gasteiger partial charge on any atom is -0.315 e. The average Bonchev–Trinajstić information content (AvgIpc) is 3.44. The van der Waals surface area contributed by atoms with Gasteiger partial charge in [-0.25, -0.2) is 43.9 Å². The van der Waals surface area contributed by atoms with Gasteiger partial charge in [-0.3, -0.25) is 0 Å². The highest BCUT2D eigenvalue weighted by Crippen LogP contribution is 2.58. The Bertz CT molecular complexity index is 2990. The maximum absolute atomic E-state index is 15.0. The molecule has 0 radical (unpaired) electrons. The molecule has 11 heteroatoms. The number of quaternary nitrogens is 1. The van der Waals surface area contributed by atoms with Crippen LogP contribution in [0.4, 0.5) is 43.9 Å². The molecule has 2 fully saturated rings. The van der Waals surface area contributed by atoms with E-state index in [0.717, 1.165) is 87.3 Å². The summed E-state index contributed by atoms with van der Waals surface area (Å²) in [5.41, 5.74) is 4.84. The van der Waals surface area contributed by atoms with Gasteiger partial charge in [-0.05, 0) is 79.9 Å². The van der Waals surface area contributed by atoms with Crippen LogP contribution < -0.4 is 0 Å². The van der Waals surface area contributed by atoms with Crippen molar-refractivity contribution in [2.45, 2.75) is 32.4 Å². The second kappa shape index (κ2) is 14.0. The van der Waals surface area contributed by atoms with E-state index in [0.29, 0.717) is 28.7 Å². The molecule has 0 unspecified atom stereocenters. The number of rotatable bonds is 4. The number of nitrogens with zero attached hydrogens (tertiary/aromatic N) is 1. The van der Waals surface area contributed by atoms with Crippen molar-refractivity contribution >= 4 is 21.5 Å². The Morgan fingerprint density at radius 2 is 0.698 bits per heavy atom. The Morgan fingerprint density at radius 1 is 0.365 bits per heavy atom. The summed E-state index contributed by atoms with van der Waals surface area (Å²) in [5, 5.41) is 3.74. The smallest absolute Gasteiger partial charge is 0.200 e. The number of hydrogen-bond donors (Lipinski definition) is 0. The van der Waals surface area contributed by atoms with Gasteiger partial charge in [0, 0.05) is 22.3 Å². The minimum absolute atomic E-state index is 0.177. The molecule has 1 aliphatic carbocycles. The SMILES string of the molecule is Fc1c(F)c(F)c(-c2ccc(-c3cc4ccccc4c4c3C[N+]3(Cc5c(-c6ccc(-c7c(F)c(F)c(F)c(F)c7F)cc6)cc6ccccc6c5-4)CC4(CCC4)C3)cc2)c(F)c1F. The zero-order chi connectivity index (χ0) is 43.7. The fraction of sp³-hybridized carbons (Fsp3) is 0.154. The van der Waals surface area contributed by atoms with Gasteiger partial charge in [0.05, 0.1) is 29.6 Å². The monoisotopic (exact) mass is 860 g/mol. The molecule has 1 nitrogen and oxygen atoms in total. The molecule has 3 aliphatic rings. The fourth-order valence-electron chi connectivity index (χ4n) is 10.9. The predicted molar refractivity (Wildman–Crippen MR) is 222 cm³/mol. The van der Waals surface area contributed by atoms with Gasteiger partial charge in [-0.15, -0.1) is 0 Å². The molecule has 2 aliphatic heterocycles. The molecule has 1 saturated heterocycles. The van der Waals surface area contributed by atoms with Gasteiger partial charge in [-0.1, -0.05) is 103 Å². The topological polar surface area (TPSA) is 0 Å². The zero-order valence-electron chi connectivity index (χ0n) is 33.1. The second-order valence-corrected chi connectivity index (χ2v) is 17.4. The first kappa shape index (κ1) is 39.4. The summed E-state index contributed by atoms with van der Waals surface area (Å²) < 4.78 is 146. The molecule has 0 atom stereocenters. The Hall–Kier alpha value is -6.46. The molecule has 0 aromatic heterocycles. The molecular formula is C52H32F10N+. The van der Waals surface area contributed by atoms with Gasteiger partial charge >= 0.3 is 0 Å². The van der Waals surface area contributed by atoms with E-state index in [4.69, 9.17) is 0 Å². The maximum atomic E-state index is 15.0. The first-order valence-corrected chi connectivity index (χ1v) is 20.5. The Kier molecular flexibility index (Phi) is 8.77. The van der Waals surface area contributed by atoms with E-state index < -0.39 is 69.3 Å². The second-order valence-electron chi connectivity index (χ2n) is 17.4. The molecule has 1 saturated carbocycles. The third kappa shape index (κ3) is 5.81. The van der Waals surface area contributed by atoms with Crippen molar-refractivity contribution in [1.82, 2.24) is 0 Å². The molecule has 8 aromatic rings. The lowest BCUT2D eigenvalue weighted by molar-refractivity contribution is -1.01. The molecule has 2 spiro atoms. The van der Waals surface area contributed by atoms with Crippen LogP contribution in [0.15, 0.2) is 109 Å². The third-order valence-corrected chi connectivity index (χ3v) is 13.7. The molecule has 0 amide bonds. The van der Waals surface area contributed by atoms with Crippen molar-refractivity contribution in [3.05, 3.63) is 178 Å². The van der Waals surface area contributed by atoms with Gasteiger partial charge in [-0.2, -0.15) is 0 Å². The normalized spacial score (nSPS) is 15.9. The summed E-state index contributed by atoms with van der Waals surface area (Å²) in [6.45, 7) is 3.03. The summed E-state index contributed by atoms with van der Waals surface area (Å²) in [7, 11) is 0. The average molecular weight is 861 g/mol. The highest BCUT2D eigenvalue weighted by atomic mass is 19.2. The minimum atomic E-state index is -2.23. The van der Waals surface area contributed by atoms with Gasteiger partial charge in [0.25, 0.3) is 0 Å². The molecule has 0 bridgehead atoms.